The lowest BCUT2D eigenvalue weighted by molar-refractivity contribution is 0.135. The maximum Gasteiger partial charge on any atom is 0.261 e. The quantitative estimate of drug-likeness (QED) is 0.152. The summed E-state index contributed by atoms with van der Waals surface area (Å²) in [4.78, 5) is 0. The highest BCUT2D eigenvalue weighted by molar-refractivity contribution is 6.99. The molecule has 2 aromatic carbocycles. The number of unbranched alkanes of at least 4 members (excludes halogenated alkanes) is 6. The molecule has 0 spiro atoms. The average molecular weight is 555 g/mol. The zero-order chi connectivity index (χ0) is 28.3. The van der Waals surface area contributed by atoms with Crippen molar-refractivity contribution in [2.24, 2.45) is 0 Å². The van der Waals surface area contributed by atoms with E-state index in [9.17, 15) is 0 Å². The monoisotopic (exact) mass is 554 g/mol. The predicted molar refractivity (Wildman–Crippen MR) is 173 cm³/mol. The van der Waals surface area contributed by atoms with Gasteiger partial charge in [0.25, 0.3) is 8.32 Å². The fourth-order valence-electron chi connectivity index (χ4n) is 5.19. The van der Waals surface area contributed by atoms with Gasteiger partial charge in [0.15, 0.2) is 8.32 Å². The van der Waals surface area contributed by atoms with Crippen molar-refractivity contribution in [3.05, 3.63) is 60.7 Å². The third-order valence-electron chi connectivity index (χ3n) is 8.60. The summed E-state index contributed by atoms with van der Waals surface area (Å²) in [6, 6.07) is 22.2. The van der Waals surface area contributed by atoms with E-state index in [4.69, 9.17) is 8.85 Å². The van der Waals surface area contributed by atoms with Crippen LogP contribution in [0.1, 0.15) is 106 Å². The van der Waals surface area contributed by atoms with E-state index >= 15 is 0 Å². The topological polar surface area (TPSA) is 18.5 Å². The molecule has 0 saturated heterocycles. The van der Waals surface area contributed by atoms with Gasteiger partial charge in [-0.2, -0.15) is 0 Å². The standard InChI is InChI=1S/C34H58O2Si2/c1-10-11-12-13-14-15-18-23-30(28-29-35-37(8,9)33(2,3)4)36-38(34(5,6)7,31-24-19-16-20-25-31)32-26-21-17-22-27-32/h16-17,19-22,24-27,30H,10-15,18,23,28-29H2,1-9H3. The van der Waals surface area contributed by atoms with E-state index in [1.165, 1.54) is 55.3 Å². The van der Waals surface area contributed by atoms with E-state index < -0.39 is 16.6 Å². The predicted octanol–water partition coefficient (Wildman–Crippen LogP) is 9.48. The average Bonchev–Trinajstić information content (AvgIpc) is 2.86. The molecule has 0 fully saturated rings. The van der Waals surface area contributed by atoms with Gasteiger partial charge in [-0.3, -0.25) is 0 Å². The van der Waals surface area contributed by atoms with Crippen LogP contribution in [0.3, 0.4) is 0 Å². The van der Waals surface area contributed by atoms with Crippen LogP contribution in [-0.4, -0.2) is 29.3 Å². The van der Waals surface area contributed by atoms with E-state index in [1.807, 2.05) is 0 Å². The van der Waals surface area contributed by atoms with Crippen molar-refractivity contribution in [3.63, 3.8) is 0 Å². The van der Waals surface area contributed by atoms with Crippen molar-refractivity contribution < 1.29 is 8.85 Å². The second kappa shape index (κ2) is 15.0. The van der Waals surface area contributed by atoms with Crippen molar-refractivity contribution in [3.8, 4) is 0 Å². The van der Waals surface area contributed by atoms with Gasteiger partial charge in [0.2, 0.25) is 0 Å². The van der Waals surface area contributed by atoms with Gasteiger partial charge < -0.3 is 8.85 Å². The van der Waals surface area contributed by atoms with Gasteiger partial charge in [-0.25, -0.2) is 0 Å². The molecule has 2 aromatic rings. The Balaban J connectivity index is 2.34. The minimum atomic E-state index is -2.58. The molecular weight excluding hydrogens is 497 g/mol. The Morgan fingerprint density at radius 1 is 0.632 bits per heavy atom. The lowest BCUT2D eigenvalue weighted by atomic mass is 10.1. The first-order valence-corrected chi connectivity index (χ1v) is 20.1. The second-order valence-corrected chi connectivity index (χ2v) is 22.8. The lowest BCUT2D eigenvalue weighted by Crippen LogP contribution is -2.67. The molecule has 0 amide bonds. The van der Waals surface area contributed by atoms with Crippen LogP contribution in [0.15, 0.2) is 60.7 Å². The highest BCUT2D eigenvalue weighted by Gasteiger charge is 2.51. The van der Waals surface area contributed by atoms with Crippen molar-refractivity contribution in [1.29, 1.82) is 0 Å². The van der Waals surface area contributed by atoms with Crippen molar-refractivity contribution >= 4 is 27.0 Å². The molecule has 1 atom stereocenters. The third kappa shape index (κ3) is 9.18. The van der Waals surface area contributed by atoms with Gasteiger partial charge in [-0.1, -0.05) is 154 Å². The Morgan fingerprint density at radius 3 is 1.55 bits per heavy atom. The molecule has 0 radical (unpaired) electrons. The van der Waals surface area contributed by atoms with E-state index in [0.717, 1.165) is 19.4 Å². The minimum absolute atomic E-state index is 0.00556. The SMILES string of the molecule is CCCCCCCCCC(CCO[Si](C)(C)C(C)(C)C)O[Si](c1ccccc1)(c1ccccc1)C(C)(C)C. The maximum absolute atomic E-state index is 7.59. The molecule has 2 rings (SSSR count). The zero-order valence-corrected chi connectivity index (χ0v) is 28.2. The van der Waals surface area contributed by atoms with Crippen LogP contribution in [-0.2, 0) is 8.85 Å². The summed E-state index contributed by atoms with van der Waals surface area (Å²) in [6.07, 6.45) is 11.6. The summed E-state index contributed by atoms with van der Waals surface area (Å²) in [5.41, 5.74) is 0. The molecule has 0 aliphatic heterocycles. The van der Waals surface area contributed by atoms with Crippen molar-refractivity contribution in [1.82, 2.24) is 0 Å². The normalized spacial score (nSPS) is 14.0. The van der Waals surface area contributed by atoms with Gasteiger partial charge in [0.05, 0.1) is 0 Å². The Kier molecular flexibility index (Phi) is 13.0. The fourth-order valence-corrected chi connectivity index (χ4v) is 11.0. The molecule has 1 unspecified atom stereocenters. The largest absolute Gasteiger partial charge is 0.417 e. The summed E-state index contributed by atoms with van der Waals surface area (Å²) in [5.74, 6) is 0. The van der Waals surface area contributed by atoms with Crippen LogP contribution in [0.25, 0.3) is 0 Å². The molecule has 4 heteroatoms. The zero-order valence-electron chi connectivity index (χ0n) is 26.2. The first kappa shape index (κ1) is 33.0. The van der Waals surface area contributed by atoms with Gasteiger partial charge in [0, 0.05) is 12.7 Å². The molecule has 2 nitrogen and oxygen atoms in total. The second-order valence-electron chi connectivity index (χ2n) is 13.7. The maximum atomic E-state index is 7.59. The molecule has 0 saturated carbocycles. The highest BCUT2D eigenvalue weighted by atomic mass is 28.4. The molecular formula is C34H58O2Si2. The number of hydrogen-bond acceptors (Lipinski definition) is 2. The summed E-state index contributed by atoms with van der Waals surface area (Å²) >= 11 is 0. The molecule has 0 aliphatic rings. The van der Waals surface area contributed by atoms with Crippen LogP contribution in [0.2, 0.25) is 23.2 Å². The first-order valence-electron chi connectivity index (χ1n) is 15.3. The molecule has 0 heterocycles. The van der Waals surface area contributed by atoms with Crippen LogP contribution in [0.5, 0.6) is 0 Å². The van der Waals surface area contributed by atoms with Crippen LogP contribution in [0.4, 0.5) is 0 Å². The molecule has 0 aliphatic carbocycles. The molecule has 0 aromatic heterocycles. The minimum Gasteiger partial charge on any atom is -0.417 e. The van der Waals surface area contributed by atoms with E-state index in [-0.39, 0.29) is 16.2 Å². The van der Waals surface area contributed by atoms with Crippen molar-refractivity contribution in [2.75, 3.05) is 6.61 Å². The molecule has 214 valence electrons. The number of hydrogen-bond donors (Lipinski definition) is 0. The van der Waals surface area contributed by atoms with Crippen LogP contribution in [0, 0.1) is 0 Å². The molecule has 38 heavy (non-hydrogen) atoms. The van der Waals surface area contributed by atoms with E-state index in [0.29, 0.717) is 0 Å². The van der Waals surface area contributed by atoms with Crippen LogP contribution >= 0.6 is 0 Å². The van der Waals surface area contributed by atoms with Gasteiger partial charge >= 0.3 is 0 Å². The Bertz CT molecular complexity index is 858. The van der Waals surface area contributed by atoms with Crippen molar-refractivity contribution in [2.45, 2.75) is 136 Å². The van der Waals surface area contributed by atoms with E-state index in [1.54, 1.807) is 0 Å². The summed E-state index contributed by atoms with van der Waals surface area (Å²) in [7, 11) is -4.37. The van der Waals surface area contributed by atoms with E-state index in [2.05, 4.69) is 122 Å². The summed E-state index contributed by atoms with van der Waals surface area (Å²) in [5, 5.41) is 2.95. The first-order chi connectivity index (χ1) is 17.8. The van der Waals surface area contributed by atoms with Gasteiger partial charge in [-0.15, -0.1) is 0 Å². The third-order valence-corrected chi connectivity index (χ3v) is 18.2. The number of benzene rings is 2. The Hall–Kier alpha value is -1.21. The Labute approximate surface area is 238 Å². The smallest absolute Gasteiger partial charge is 0.261 e. The lowest BCUT2D eigenvalue weighted by Gasteiger charge is -2.45. The van der Waals surface area contributed by atoms with Crippen LogP contribution < -0.4 is 10.4 Å². The highest BCUT2D eigenvalue weighted by Crippen LogP contribution is 2.39. The molecule has 0 N–H and O–H groups in total. The fraction of sp³-hybridized carbons (Fsp3) is 0.647. The number of rotatable bonds is 16. The summed E-state index contributed by atoms with van der Waals surface area (Å²) < 4.78 is 14.3. The molecule has 0 bridgehead atoms. The van der Waals surface area contributed by atoms with Gasteiger partial charge in [0.1, 0.15) is 0 Å². The Morgan fingerprint density at radius 2 is 1.11 bits per heavy atom. The van der Waals surface area contributed by atoms with Gasteiger partial charge in [-0.05, 0) is 46.4 Å². The summed E-state index contributed by atoms with van der Waals surface area (Å²) in [6.45, 7) is 21.9.